The van der Waals surface area contributed by atoms with Crippen molar-refractivity contribution >= 4 is 80.5 Å². The lowest BCUT2D eigenvalue weighted by Gasteiger charge is -2.04. The molecule has 0 aliphatic heterocycles. The van der Waals surface area contributed by atoms with Crippen LogP contribution in [0.5, 0.6) is 5.75 Å². The van der Waals surface area contributed by atoms with Gasteiger partial charge in [-0.3, -0.25) is 0 Å². The number of rotatable bonds is 2. The molecule has 5 heteroatoms. The van der Waals surface area contributed by atoms with Crippen LogP contribution in [0.25, 0.3) is 12.2 Å². The van der Waals surface area contributed by atoms with E-state index < -0.39 is 0 Å². The first-order chi connectivity index (χ1) is 8.99. The van der Waals surface area contributed by atoms with Crippen LogP contribution in [0.15, 0.2) is 30.3 Å². The number of aromatic hydroxyl groups is 1. The van der Waals surface area contributed by atoms with Crippen molar-refractivity contribution in [3.8, 4) is 5.75 Å². The van der Waals surface area contributed by atoms with Gasteiger partial charge in [0, 0.05) is 15.6 Å². The summed E-state index contributed by atoms with van der Waals surface area (Å²) in [5, 5.41) is 11.0. The van der Waals surface area contributed by atoms with Crippen molar-refractivity contribution in [2.75, 3.05) is 0 Å². The van der Waals surface area contributed by atoms with Crippen molar-refractivity contribution < 1.29 is 5.11 Å². The second kappa shape index (κ2) is 6.65. The Labute approximate surface area is 148 Å². The number of phenolic OH excluding ortho intramolecular Hbond substituents is 1. The Morgan fingerprint density at radius 1 is 0.947 bits per heavy atom. The van der Waals surface area contributed by atoms with Crippen LogP contribution in [-0.2, 0) is 0 Å². The number of hydrogen-bond acceptors (Lipinski definition) is 1. The van der Waals surface area contributed by atoms with Gasteiger partial charge < -0.3 is 5.11 Å². The topological polar surface area (TPSA) is 20.2 Å². The maximum absolute atomic E-state index is 9.72. The zero-order valence-electron chi connectivity index (χ0n) is 9.50. The fraction of sp³-hybridized carbons (Fsp3) is 0. The summed E-state index contributed by atoms with van der Waals surface area (Å²) < 4.78 is 1.63. The van der Waals surface area contributed by atoms with Crippen molar-refractivity contribution in [3.63, 3.8) is 0 Å². The van der Waals surface area contributed by atoms with E-state index in [9.17, 15) is 5.11 Å². The molecule has 1 nitrogen and oxygen atoms in total. The molecule has 0 amide bonds. The zero-order chi connectivity index (χ0) is 14.0. The Morgan fingerprint density at radius 3 is 2.00 bits per heavy atom. The second-order valence-corrected chi connectivity index (χ2v) is 6.94. The summed E-state index contributed by atoms with van der Waals surface area (Å²) in [5.41, 5.74) is 1.78. The van der Waals surface area contributed by atoms with Gasteiger partial charge in [0.1, 0.15) is 5.75 Å². The highest BCUT2D eigenvalue weighted by atomic mass is 127. The van der Waals surface area contributed by atoms with Gasteiger partial charge in [-0.25, -0.2) is 0 Å². The maximum atomic E-state index is 9.72. The quantitative estimate of drug-likeness (QED) is 0.379. The lowest BCUT2D eigenvalue weighted by atomic mass is 10.1. The van der Waals surface area contributed by atoms with Gasteiger partial charge >= 0.3 is 0 Å². The molecule has 1 N–H and O–H groups in total. The van der Waals surface area contributed by atoms with Gasteiger partial charge in [0.2, 0.25) is 0 Å². The average Bonchev–Trinajstić information content (AvgIpc) is 2.35. The molecule has 0 saturated carbocycles. The van der Waals surface area contributed by atoms with Crippen LogP contribution in [0.3, 0.4) is 0 Å². The summed E-state index contributed by atoms with van der Waals surface area (Å²) in [6.45, 7) is 0. The molecule has 2 aromatic rings. The molecule has 0 fully saturated rings. The fourth-order valence-electron chi connectivity index (χ4n) is 1.53. The summed E-state index contributed by atoms with van der Waals surface area (Å²) in [5.74, 6) is 0.314. The molecule has 0 aliphatic carbocycles. The highest BCUT2D eigenvalue weighted by Crippen LogP contribution is 2.30. The Kier molecular flexibility index (Phi) is 5.39. The summed E-state index contributed by atoms with van der Waals surface area (Å²) in [4.78, 5) is 0. The van der Waals surface area contributed by atoms with E-state index in [1.54, 1.807) is 12.1 Å². The molecule has 0 aromatic heterocycles. The molecule has 0 saturated heterocycles. The van der Waals surface area contributed by atoms with Crippen LogP contribution in [0.2, 0.25) is 10.0 Å². The van der Waals surface area contributed by atoms with Gasteiger partial charge in [0.15, 0.2) is 0 Å². The third-order valence-electron chi connectivity index (χ3n) is 2.48. The van der Waals surface area contributed by atoms with Crippen molar-refractivity contribution in [1.82, 2.24) is 0 Å². The summed E-state index contributed by atoms with van der Waals surface area (Å²) in [7, 11) is 0. The van der Waals surface area contributed by atoms with Crippen LogP contribution in [-0.4, -0.2) is 5.11 Å². The lowest BCUT2D eigenvalue weighted by Crippen LogP contribution is -1.83. The molecule has 0 spiro atoms. The molecule has 0 atom stereocenters. The monoisotopic (exact) mass is 516 g/mol. The Bertz CT molecular complexity index is 611. The first-order valence-electron chi connectivity index (χ1n) is 5.29. The van der Waals surface area contributed by atoms with Gasteiger partial charge in [-0.05, 0) is 75.0 Å². The number of phenols is 1. The summed E-state index contributed by atoms with van der Waals surface area (Å²) in [6.07, 6.45) is 3.81. The lowest BCUT2D eigenvalue weighted by molar-refractivity contribution is 0.467. The zero-order valence-corrected chi connectivity index (χ0v) is 15.3. The van der Waals surface area contributed by atoms with Crippen LogP contribution >= 0.6 is 68.4 Å². The Morgan fingerprint density at radius 2 is 1.47 bits per heavy atom. The van der Waals surface area contributed by atoms with Crippen molar-refractivity contribution in [2.24, 2.45) is 0 Å². The average molecular weight is 517 g/mol. The highest BCUT2D eigenvalue weighted by molar-refractivity contribution is 14.1. The molecule has 19 heavy (non-hydrogen) atoms. The minimum atomic E-state index is 0.314. The van der Waals surface area contributed by atoms with E-state index in [1.807, 2.05) is 30.4 Å². The van der Waals surface area contributed by atoms with Gasteiger partial charge in [0.05, 0.1) is 7.14 Å². The van der Waals surface area contributed by atoms with E-state index >= 15 is 0 Å². The Hall–Kier alpha value is 0.0200. The van der Waals surface area contributed by atoms with Crippen molar-refractivity contribution in [3.05, 3.63) is 58.6 Å². The van der Waals surface area contributed by atoms with Crippen LogP contribution < -0.4 is 0 Å². The predicted molar refractivity (Wildman–Crippen MR) is 98.9 cm³/mol. The largest absolute Gasteiger partial charge is 0.506 e. The molecular weight excluding hydrogens is 509 g/mol. The number of hydrogen-bond donors (Lipinski definition) is 1. The normalized spacial score (nSPS) is 11.2. The number of benzene rings is 2. The minimum Gasteiger partial charge on any atom is -0.506 e. The van der Waals surface area contributed by atoms with Crippen molar-refractivity contribution in [1.29, 1.82) is 0 Å². The predicted octanol–water partition coefficient (Wildman–Crippen LogP) is 6.08. The molecule has 0 radical (unpaired) electrons. The molecule has 2 rings (SSSR count). The van der Waals surface area contributed by atoms with Gasteiger partial charge in [-0.15, -0.1) is 0 Å². The molecule has 0 heterocycles. The second-order valence-electron chi connectivity index (χ2n) is 3.80. The smallest absolute Gasteiger partial charge is 0.142 e. The van der Waals surface area contributed by atoms with Crippen LogP contribution in [0.1, 0.15) is 11.1 Å². The first-order valence-corrected chi connectivity index (χ1v) is 8.20. The van der Waals surface area contributed by atoms with Gasteiger partial charge in [-0.1, -0.05) is 41.4 Å². The van der Waals surface area contributed by atoms with E-state index in [4.69, 9.17) is 23.2 Å². The van der Waals surface area contributed by atoms with Crippen LogP contribution in [0, 0.1) is 7.14 Å². The third kappa shape index (κ3) is 3.77. The molecule has 98 valence electrons. The molecule has 2 aromatic carbocycles. The first kappa shape index (κ1) is 15.4. The molecule has 0 unspecified atom stereocenters. The SMILES string of the molecule is Oc1c(I)cc(/C=C/c2c(Cl)cccc2Cl)cc1I. The van der Waals surface area contributed by atoms with Gasteiger partial charge in [-0.2, -0.15) is 0 Å². The van der Waals surface area contributed by atoms with Gasteiger partial charge in [0.25, 0.3) is 0 Å². The van der Waals surface area contributed by atoms with Crippen LogP contribution in [0.4, 0.5) is 0 Å². The standard InChI is InChI=1S/C14H8Cl2I2O/c15-10-2-1-3-11(16)9(10)5-4-8-6-12(17)14(19)13(18)7-8/h1-7,19H/b5-4+. The fourth-order valence-corrected chi connectivity index (χ4v) is 3.87. The number of halogens is 4. The van der Waals surface area contributed by atoms with E-state index in [2.05, 4.69) is 45.2 Å². The van der Waals surface area contributed by atoms with Crippen molar-refractivity contribution in [2.45, 2.75) is 0 Å². The van der Waals surface area contributed by atoms with E-state index in [-0.39, 0.29) is 0 Å². The summed E-state index contributed by atoms with van der Waals surface area (Å²) >= 11 is 16.4. The molecule has 0 aliphatic rings. The van der Waals surface area contributed by atoms with E-state index in [0.717, 1.165) is 18.3 Å². The molecule has 0 bridgehead atoms. The summed E-state index contributed by atoms with van der Waals surface area (Å²) in [6, 6.07) is 9.22. The Balaban J connectivity index is 2.38. The third-order valence-corrected chi connectivity index (χ3v) is 4.79. The van der Waals surface area contributed by atoms with E-state index in [0.29, 0.717) is 15.8 Å². The minimum absolute atomic E-state index is 0.314. The maximum Gasteiger partial charge on any atom is 0.142 e. The van der Waals surface area contributed by atoms with E-state index in [1.165, 1.54) is 0 Å². The highest BCUT2D eigenvalue weighted by Gasteiger charge is 2.05. The molecular formula is C14H8Cl2I2O.